The average molecular weight is 321 g/mol. The summed E-state index contributed by atoms with van der Waals surface area (Å²) in [6, 6.07) is 6.18. The molecule has 3 rings (SSSR count). The van der Waals surface area contributed by atoms with E-state index in [0.29, 0.717) is 6.42 Å². The van der Waals surface area contributed by atoms with Crippen LogP contribution in [0.1, 0.15) is 51.8 Å². The maximum atomic E-state index is 12.4. The zero-order valence-electron chi connectivity index (χ0n) is 15.2. The SMILES string of the molecule is CCC(=O)c1cc(C)nc2c1c(C)nn2-c1c(C)cc(C)cc1C. The summed E-state index contributed by atoms with van der Waals surface area (Å²) >= 11 is 0. The number of rotatable bonds is 3. The number of pyridine rings is 1. The van der Waals surface area contributed by atoms with E-state index in [4.69, 9.17) is 10.1 Å². The fourth-order valence-corrected chi connectivity index (χ4v) is 3.49. The van der Waals surface area contributed by atoms with Crippen LogP contribution in [0.25, 0.3) is 16.7 Å². The van der Waals surface area contributed by atoms with Crippen LogP contribution in [-0.4, -0.2) is 20.5 Å². The van der Waals surface area contributed by atoms with Crippen LogP contribution in [0.3, 0.4) is 0 Å². The van der Waals surface area contributed by atoms with E-state index in [9.17, 15) is 4.79 Å². The van der Waals surface area contributed by atoms with Crippen molar-refractivity contribution in [3.05, 3.63) is 51.8 Å². The maximum absolute atomic E-state index is 12.4. The van der Waals surface area contributed by atoms with E-state index in [-0.39, 0.29) is 5.78 Å². The van der Waals surface area contributed by atoms with Crippen molar-refractivity contribution in [3.8, 4) is 5.69 Å². The predicted molar refractivity (Wildman–Crippen MR) is 97.2 cm³/mol. The first-order valence-corrected chi connectivity index (χ1v) is 8.31. The number of aromatic nitrogens is 3. The number of nitrogens with zero attached hydrogens (tertiary/aromatic N) is 3. The molecule has 0 N–H and O–H groups in total. The smallest absolute Gasteiger partial charge is 0.164 e. The van der Waals surface area contributed by atoms with Crippen LogP contribution in [0.15, 0.2) is 18.2 Å². The Hall–Kier alpha value is -2.49. The van der Waals surface area contributed by atoms with Gasteiger partial charge in [-0.15, -0.1) is 0 Å². The topological polar surface area (TPSA) is 47.8 Å². The molecule has 0 saturated carbocycles. The van der Waals surface area contributed by atoms with Crippen LogP contribution in [0.4, 0.5) is 0 Å². The van der Waals surface area contributed by atoms with Crippen molar-refractivity contribution in [2.75, 3.05) is 0 Å². The molecule has 4 nitrogen and oxygen atoms in total. The van der Waals surface area contributed by atoms with Gasteiger partial charge in [-0.2, -0.15) is 5.10 Å². The van der Waals surface area contributed by atoms with Crippen LogP contribution in [0.2, 0.25) is 0 Å². The summed E-state index contributed by atoms with van der Waals surface area (Å²) in [5.41, 5.74) is 7.76. The van der Waals surface area contributed by atoms with Gasteiger partial charge in [-0.3, -0.25) is 4.79 Å². The molecule has 0 bridgehead atoms. The van der Waals surface area contributed by atoms with E-state index >= 15 is 0 Å². The number of hydrogen-bond acceptors (Lipinski definition) is 3. The fourth-order valence-electron chi connectivity index (χ4n) is 3.49. The monoisotopic (exact) mass is 321 g/mol. The number of hydrogen-bond donors (Lipinski definition) is 0. The Morgan fingerprint density at radius 3 is 2.25 bits per heavy atom. The van der Waals surface area contributed by atoms with Crippen molar-refractivity contribution in [1.29, 1.82) is 0 Å². The van der Waals surface area contributed by atoms with E-state index in [1.165, 1.54) is 5.56 Å². The number of ketones is 1. The van der Waals surface area contributed by atoms with Gasteiger partial charge >= 0.3 is 0 Å². The Bertz CT molecular complexity index is 944. The number of carbonyl (C=O) groups is 1. The summed E-state index contributed by atoms with van der Waals surface area (Å²) in [7, 11) is 0. The molecule has 0 spiro atoms. The van der Waals surface area contributed by atoms with E-state index in [1.807, 2.05) is 31.5 Å². The van der Waals surface area contributed by atoms with E-state index in [0.717, 1.165) is 44.8 Å². The first kappa shape index (κ1) is 16.4. The van der Waals surface area contributed by atoms with Gasteiger partial charge < -0.3 is 0 Å². The van der Waals surface area contributed by atoms with Gasteiger partial charge in [0.1, 0.15) is 0 Å². The van der Waals surface area contributed by atoms with Crippen LogP contribution in [0, 0.1) is 34.6 Å². The Morgan fingerprint density at radius 1 is 1.04 bits per heavy atom. The van der Waals surface area contributed by atoms with Gasteiger partial charge in [0.25, 0.3) is 0 Å². The lowest BCUT2D eigenvalue weighted by molar-refractivity contribution is 0.0989. The highest BCUT2D eigenvalue weighted by Gasteiger charge is 2.20. The molecule has 0 radical (unpaired) electrons. The lowest BCUT2D eigenvalue weighted by Crippen LogP contribution is -2.05. The molecule has 0 atom stereocenters. The van der Waals surface area contributed by atoms with Crippen LogP contribution >= 0.6 is 0 Å². The summed E-state index contributed by atoms with van der Waals surface area (Å²) in [6.07, 6.45) is 0.478. The van der Waals surface area contributed by atoms with Gasteiger partial charge in [-0.05, 0) is 51.8 Å². The third kappa shape index (κ3) is 2.52. The van der Waals surface area contributed by atoms with Crippen molar-refractivity contribution in [2.24, 2.45) is 0 Å². The Kier molecular flexibility index (Phi) is 3.99. The van der Waals surface area contributed by atoms with Gasteiger partial charge in [0.05, 0.1) is 16.8 Å². The lowest BCUT2D eigenvalue weighted by Gasteiger charge is -2.12. The molecule has 0 aliphatic rings. The molecule has 0 fully saturated rings. The molecule has 124 valence electrons. The molecule has 24 heavy (non-hydrogen) atoms. The summed E-state index contributed by atoms with van der Waals surface area (Å²) in [5, 5.41) is 5.60. The number of benzene rings is 1. The highest BCUT2D eigenvalue weighted by molar-refractivity contribution is 6.07. The summed E-state index contributed by atoms with van der Waals surface area (Å²) in [4.78, 5) is 17.1. The third-order valence-corrected chi connectivity index (χ3v) is 4.41. The van der Waals surface area contributed by atoms with Crippen LogP contribution in [0.5, 0.6) is 0 Å². The number of fused-ring (bicyclic) bond motifs is 1. The number of aryl methyl sites for hydroxylation is 5. The molecule has 0 aliphatic heterocycles. The molecule has 0 unspecified atom stereocenters. The minimum atomic E-state index is 0.130. The van der Waals surface area contributed by atoms with Crippen molar-refractivity contribution >= 4 is 16.8 Å². The third-order valence-electron chi connectivity index (χ3n) is 4.41. The predicted octanol–water partition coefficient (Wildman–Crippen LogP) is 4.56. The largest absolute Gasteiger partial charge is 0.294 e. The van der Waals surface area contributed by atoms with Gasteiger partial charge in [0, 0.05) is 17.7 Å². The maximum Gasteiger partial charge on any atom is 0.164 e. The zero-order chi connectivity index (χ0) is 17.6. The molecule has 0 amide bonds. The Morgan fingerprint density at radius 2 is 1.67 bits per heavy atom. The second kappa shape index (κ2) is 5.86. The van der Waals surface area contributed by atoms with E-state index in [1.54, 1.807) is 0 Å². The second-order valence-corrected chi connectivity index (χ2v) is 6.53. The average Bonchev–Trinajstić information content (AvgIpc) is 2.81. The minimum Gasteiger partial charge on any atom is -0.294 e. The van der Waals surface area contributed by atoms with Crippen LogP contribution < -0.4 is 0 Å². The normalized spacial score (nSPS) is 11.2. The fraction of sp³-hybridized carbons (Fsp3) is 0.350. The zero-order valence-corrected chi connectivity index (χ0v) is 15.2. The molecule has 2 heterocycles. The van der Waals surface area contributed by atoms with E-state index < -0.39 is 0 Å². The van der Waals surface area contributed by atoms with Crippen molar-refractivity contribution in [3.63, 3.8) is 0 Å². The van der Waals surface area contributed by atoms with Crippen molar-refractivity contribution in [1.82, 2.24) is 14.8 Å². The van der Waals surface area contributed by atoms with Gasteiger partial charge in [-0.25, -0.2) is 9.67 Å². The highest BCUT2D eigenvalue weighted by atomic mass is 16.1. The molecule has 3 aromatic rings. The molecule has 0 aliphatic carbocycles. The van der Waals surface area contributed by atoms with Gasteiger partial charge in [-0.1, -0.05) is 24.6 Å². The van der Waals surface area contributed by atoms with Crippen LogP contribution in [-0.2, 0) is 0 Å². The van der Waals surface area contributed by atoms with Gasteiger partial charge in [0.15, 0.2) is 11.4 Å². The summed E-state index contributed by atoms with van der Waals surface area (Å²) in [6.45, 7) is 12.0. The van der Waals surface area contributed by atoms with Gasteiger partial charge in [0.2, 0.25) is 0 Å². The summed E-state index contributed by atoms with van der Waals surface area (Å²) < 4.78 is 1.90. The molecule has 1 aromatic carbocycles. The first-order chi connectivity index (χ1) is 11.3. The highest BCUT2D eigenvalue weighted by Crippen LogP contribution is 2.28. The Labute approximate surface area is 142 Å². The first-order valence-electron chi connectivity index (χ1n) is 8.31. The molecule has 4 heteroatoms. The molecular formula is C20H23N3O. The molecular weight excluding hydrogens is 298 g/mol. The van der Waals surface area contributed by atoms with E-state index in [2.05, 4.69) is 32.9 Å². The molecule has 0 saturated heterocycles. The van der Waals surface area contributed by atoms with Crippen molar-refractivity contribution < 1.29 is 4.79 Å². The standard InChI is InChI=1S/C20H23N3O/c1-7-17(24)16-10-14(5)21-20-18(16)15(6)22-23(20)19-12(3)8-11(2)9-13(19)4/h8-10H,7H2,1-6H3. The number of Topliss-reactive ketones (excluding diaryl/α,β-unsaturated/α-hetero) is 1. The second-order valence-electron chi connectivity index (χ2n) is 6.53. The summed E-state index contributed by atoms with van der Waals surface area (Å²) in [5.74, 6) is 0.130. The quantitative estimate of drug-likeness (QED) is 0.665. The number of carbonyl (C=O) groups excluding carboxylic acids is 1. The Balaban J connectivity index is 2.41. The molecule has 2 aromatic heterocycles. The van der Waals surface area contributed by atoms with Crippen molar-refractivity contribution in [2.45, 2.75) is 48.0 Å². The lowest BCUT2D eigenvalue weighted by atomic mass is 10.0. The minimum absolute atomic E-state index is 0.130.